The molecular formula is C22H19ClN4O2. The lowest BCUT2D eigenvalue weighted by Gasteiger charge is -2.34. The highest BCUT2D eigenvalue weighted by molar-refractivity contribution is 6.33. The van der Waals surface area contributed by atoms with E-state index in [1.54, 1.807) is 29.2 Å². The average Bonchev–Trinajstić information content (AvgIpc) is 3.19. The summed E-state index contributed by atoms with van der Waals surface area (Å²) < 4.78 is 5.94. The van der Waals surface area contributed by atoms with Crippen LogP contribution in [0.15, 0.2) is 52.9 Å². The first kappa shape index (κ1) is 19.0. The number of carbonyl (C=O) groups excluding carboxylic acids is 1. The van der Waals surface area contributed by atoms with Crippen molar-refractivity contribution in [1.29, 1.82) is 5.26 Å². The van der Waals surface area contributed by atoms with E-state index in [4.69, 9.17) is 16.0 Å². The molecule has 2 aromatic carbocycles. The maximum atomic E-state index is 12.7. The van der Waals surface area contributed by atoms with E-state index in [2.05, 4.69) is 11.1 Å². The van der Waals surface area contributed by atoms with Gasteiger partial charge >= 0.3 is 0 Å². The van der Waals surface area contributed by atoms with E-state index < -0.39 is 0 Å². The van der Waals surface area contributed by atoms with Crippen LogP contribution in [0.1, 0.15) is 21.6 Å². The van der Waals surface area contributed by atoms with Crippen molar-refractivity contribution < 1.29 is 9.21 Å². The molecule has 0 atom stereocenters. The Hall–Kier alpha value is -3.30. The summed E-state index contributed by atoms with van der Waals surface area (Å²) in [5, 5.41) is 9.94. The lowest BCUT2D eigenvalue weighted by Crippen LogP contribution is -2.49. The van der Waals surface area contributed by atoms with Gasteiger partial charge in [-0.05, 0) is 31.2 Å². The molecule has 2 heterocycles. The summed E-state index contributed by atoms with van der Waals surface area (Å²) in [6, 6.07) is 17.0. The summed E-state index contributed by atoms with van der Waals surface area (Å²) in [6.07, 6.45) is 0. The van der Waals surface area contributed by atoms with Crippen LogP contribution in [0.5, 0.6) is 0 Å². The Morgan fingerprint density at radius 2 is 1.79 bits per heavy atom. The Morgan fingerprint density at radius 1 is 1.10 bits per heavy atom. The van der Waals surface area contributed by atoms with Gasteiger partial charge in [0.05, 0.1) is 10.6 Å². The van der Waals surface area contributed by atoms with Crippen LogP contribution in [0.4, 0.5) is 5.88 Å². The molecule has 7 heteroatoms. The third kappa shape index (κ3) is 3.82. The largest absolute Gasteiger partial charge is 0.419 e. The molecule has 6 nitrogen and oxygen atoms in total. The van der Waals surface area contributed by atoms with Crippen molar-refractivity contribution in [3.05, 3.63) is 70.4 Å². The second-order valence-electron chi connectivity index (χ2n) is 6.91. The van der Waals surface area contributed by atoms with Gasteiger partial charge in [-0.15, -0.1) is 0 Å². The fourth-order valence-corrected chi connectivity index (χ4v) is 3.55. The van der Waals surface area contributed by atoms with Gasteiger partial charge in [-0.1, -0.05) is 41.4 Å². The normalized spacial score (nSPS) is 14.0. The van der Waals surface area contributed by atoms with Crippen molar-refractivity contribution in [2.75, 3.05) is 31.1 Å². The molecule has 1 aliphatic heterocycles. The van der Waals surface area contributed by atoms with Gasteiger partial charge in [0.1, 0.15) is 6.07 Å². The highest BCUT2D eigenvalue weighted by atomic mass is 35.5. The second-order valence-corrected chi connectivity index (χ2v) is 7.32. The van der Waals surface area contributed by atoms with Gasteiger partial charge in [0.2, 0.25) is 17.5 Å². The van der Waals surface area contributed by atoms with Crippen LogP contribution < -0.4 is 4.90 Å². The number of anilines is 1. The maximum absolute atomic E-state index is 12.7. The van der Waals surface area contributed by atoms with Gasteiger partial charge in [-0.2, -0.15) is 10.2 Å². The van der Waals surface area contributed by atoms with Crippen molar-refractivity contribution in [3.63, 3.8) is 0 Å². The molecule has 0 unspecified atom stereocenters. The third-order valence-corrected chi connectivity index (χ3v) is 5.30. The molecule has 0 N–H and O–H groups in total. The highest BCUT2D eigenvalue weighted by Crippen LogP contribution is 2.29. The van der Waals surface area contributed by atoms with E-state index in [0.29, 0.717) is 48.5 Å². The fourth-order valence-electron chi connectivity index (χ4n) is 3.34. The molecule has 1 saturated heterocycles. The smallest absolute Gasteiger partial charge is 0.255 e. The molecule has 1 aliphatic rings. The molecule has 1 aromatic heterocycles. The number of nitrogens with zero attached hydrogens (tertiary/aromatic N) is 4. The van der Waals surface area contributed by atoms with Crippen LogP contribution in [-0.4, -0.2) is 42.0 Å². The van der Waals surface area contributed by atoms with E-state index in [-0.39, 0.29) is 11.6 Å². The molecule has 3 aromatic rings. The molecule has 0 saturated carbocycles. The summed E-state index contributed by atoms with van der Waals surface area (Å²) in [5.74, 6) is 0.785. The van der Waals surface area contributed by atoms with E-state index in [9.17, 15) is 10.1 Å². The second kappa shape index (κ2) is 7.98. The number of hydrogen-bond donors (Lipinski definition) is 0. The predicted octanol–water partition coefficient (Wildman–Crippen LogP) is 4.14. The van der Waals surface area contributed by atoms with E-state index in [0.717, 1.165) is 11.1 Å². The average molecular weight is 407 g/mol. The number of amides is 1. The Morgan fingerprint density at radius 3 is 2.45 bits per heavy atom. The lowest BCUT2D eigenvalue weighted by molar-refractivity contribution is 0.0745. The van der Waals surface area contributed by atoms with Crippen LogP contribution in [0.25, 0.3) is 11.5 Å². The van der Waals surface area contributed by atoms with Crippen LogP contribution in [0.2, 0.25) is 5.02 Å². The number of halogens is 1. The van der Waals surface area contributed by atoms with E-state index in [1.165, 1.54) is 0 Å². The number of hydrogen-bond acceptors (Lipinski definition) is 5. The van der Waals surface area contributed by atoms with Crippen LogP contribution in [0.3, 0.4) is 0 Å². The van der Waals surface area contributed by atoms with Crippen molar-refractivity contribution in [2.45, 2.75) is 6.92 Å². The standard InChI is InChI=1S/C22H19ClN4O2/c1-15-6-8-16(9-7-15)20-25-19(14-24)22(29-20)27-12-10-26(11-13-27)21(28)17-4-2-3-5-18(17)23/h2-9H,10-13H2,1H3. The minimum absolute atomic E-state index is 0.0892. The Kier molecular flexibility index (Phi) is 5.24. The van der Waals surface area contributed by atoms with Gasteiger partial charge in [0.15, 0.2) is 0 Å². The molecule has 29 heavy (non-hydrogen) atoms. The number of rotatable bonds is 3. The van der Waals surface area contributed by atoms with Crippen molar-refractivity contribution >= 4 is 23.4 Å². The molecule has 0 spiro atoms. The summed E-state index contributed by atoms with van der Waals surface area (Å²) >= 11 is 6.16. The number of aryl methyl sites for hydroxylation is 1. The Balaban J connectivity index is 1.50. The van der Waals surface area contributed by atoms with Crippen LogP contribution in [-0.2, 0) is 0 Å². The van der Waals surface area contributed by atoms with Gasteiger partial charge in [-0.25, -0.2) is 0 Å². The zero-order chi connectivity index (χ0) is 20.4. The maximum Gasteiger partial charge on any atom is 0.255 e. The first-order valence-electron chi connectivity index (χ1n) is 9.33. The Bertz CT molecular complexity index is 1080. The summed E-state index contributed by atoms with van der Waals surface area (Å²) in [5.41, 5.74) is 2.72. The third-order valence-electron chi connectivity index (χ3n) is 4.97. The molecule has 0 bridgehead atoms. The van der Waals surface area contributed by atoms with E-state index >= 15 is 0 Å². The highest BCUT2D eigenvalue weighted by Gasteiger charge is 2.27. The van der Waals surface area contributed by atoms with Gasteiger partial charge in [-0.3, -0.25) is 4.79 Å². The lowest BCUT2D eigenvalue weighted by atomic mass is 10.1. The first-order chi connectivity index (χ1) is 14.1. The van der Waals surface area contributed by atoms with Crippen LogP contribution in [0, 0.1) is 18.3 Å². The zero-order valence-corrected chi connectivity index (χ0v) is 16.7. The monoisotopic (exact) mass is 406 g/mol. The molecular weight excluding hydrogens is 388 g/mol. The number of benzene rings is 2. The number of nitriles is 1. The van der Waals surface area contributed by atoms with E-state index in [1.807, 2.05) is 36.1 Å². The molecule has 0 aliphatic carbocycles. The number of carbonyl (C=O) groups is 1. The Labute approximate surface area is 173 Å². The summed E-state index contributed by atoms with van der Waals surface area (Å²) in [4.78, 5) is 20.8. The first-order valence-corrected chi connectivity index (χ1v) is 9.71. The number of aromatic nitrogens is 1. The SMILES string of the molecule is Cc1ccc(-c2nc(C#N)c(N3CCN(C(=O)c4ccccc4Cl)CC3)o2)cc1. The molecule has 1 amide bonds. The number of piperazine rings is 1. The molecule has 0 radical (unpaired) electrons. The molecule has 146 valence electrons. The summed E-state index contributed by atoms with van der Waals surface area (Å²) in [7, 11) is 0. The topological polar surface area (TPSA) is 73.4 Å². The van der Waals surface area contributed by atoms with Crippen LogP contribution >= 0.6 is 11.6 Å². The predicted molar refractivity (Wildman–Crippen MR) is 111 cm³/mol. The zero-order valence-electron chi connectivity index (χ0n) is 15.9. The quantitative estimate of drug-likeness (QED) is 0.653. The van der Waals surface area contributed by atoms with Gasteiger partial charge in [0, 0.05) is 31.7 Å². The van der Waals surface area contributed by atoms with Crippen molar-refractivity contribution in [1.82, 2.24) is 9.88 Å². The number of oxazole rings is 1. The molecule has 4 rings (SSSR count). The van der Waals surface area contributed by atoms with Crippen molar-refractivity contribution in [2.24, 2.45) is 0 Å². The molecule has 1 fully saturated rings. The van der Waals surface area contributed by atoms with Crippen molar-refractivity contribution in [3.8, 4) is 17.5 Å². The summed E-state index contributed by atoms with van der Waals surface area (Å²) in [6.45, 7) is 4.13. The minimum atomic E-state index is -0.0892. The minimum Gasteiger partial charge on any atom is -0.419 e. The van der Waals surface area contributed by atoms with Gasteiger partial charge < -0.3 is 14.2 Å². The fraction of sp³-hybridized carbons (Fsp3) is 0.227. The van der Waals surface area contributed by atoms with Gasteiger partial charge in [0.25, 0.3) is 5.91 Å².